The lowest BCUT2D eigenvalue weighted by atomic mass is 9.36. The third-order valence-corrected chi connectivity index (χ3v) is 9.57. The van der Waals surface area contributed by atoms with Crippen LogP contribution in [0.4, 0.5) is 0 Å². The minimum Gasteiger partial charge on any atom is -0.457 e. The van der Waals surface area contributed by atoms with Crippen LogP contribution in [0.25, 0.3) is 0 Å². The van der Waals surface area contributed by atoms with Crippen molar-refractivity contribution < 1.29 is 34.0 Å². The third kappa shape index (κ3) is 2.35. The van der Waals surface area contributed by atoms with Gasteiger partial charge in [-0.25, -0.2) is 0 Å². The zero-order chi connectivity index (χ0) is 22.6. The first-order chi connectivity index (χ1) is 14.4. The Kier molecular flexibility index (Phi) is 4.37. The molecule has 2 aliphatic heterocycles. The summed E-state index contributed by atoms with van der Waals surface area (Å²) in [5.74, 6) is -3.08. The van der Waals surface area contributed by atoms with Crippen LogP contribution in [0.2, 0.25) is 0 Å². The molecule has 172 valence electrons. The molecule has 2 heterocycles. The zero-order valence-corrected chi connectivity index (χ0v) is 18.8. The second-order valence-corrected chi connectivity index (χ2v) is 11.3. The summed E-state index contributed by atoms with van der Waals surface area (Å²) in [6.45, 7) is 11.4. The molecule has 4 saturated carbocycles. The number of carbonyl (C=O) groups is 2. The van der Waals surface area contributed by atoms with E-state index in [0.717, 1.165) is 24.8 Å². The Morgan fingerprint density at radius 1 is 1.13 bits per heavy atom. The molecule has 2 spiro atoms. The Morgan fingerprint density at radius 3 is 2.45 bits per heavy atom. The molecule has 2 saturated heterocycles. The number of aliphatic hydroxyl groups excluding tert-OH is 1. The number of aliphatic hydroxyl groups is 2. The maximum atomic E-state index is 12.3. The molecule has 6 aliphatic rings. The SMILES string of the molecule is C=C1C2CCC3C45COC(O)(C(OC(C)=O)C4C(C)(C)CCC5O)C3(C2)C1OC(C)=O. The molecule has 7 heteroatoms. The Hall–Kier alpha value is -1.44. The lowest BCUT2D eigenvalue weighted by molar-refractivity contribution is -0.465. The predicted octanol–water partition coefficient (Wildman–Crippen LogP) is 2.34. The number of hydrogen-bond donors (Lipinski definition) is 2. The van der Waals surface area contributed by atoms with Crippen LogP contribution < -0.4 is 0 Å². The first-order valence-corrected chi connectivity index (χ1v) is 11.5. The van der Waals surface area contributed by atoms with Crippen molar-refractivity contribution in [2.75, 3.05) is 6.61 Å². The Balaban J connectivity index is 1.77. The molecule has 0 aromatic rings. The monoisotopic (exact) mass is 434 g/mol. The Morgan fingerprint density at radius 2 is 1.81 bits per heavy atom. The topological polar surface area (TPSA) is 102 Å². The van der Waals surface area contributed by atoms with E-state index in [9.17, 15) is 19.8 Å². The van der Waals surface area contributed by atoms with E-state index < -0.39 is 46.9 Å². The molecule has 7 nitrogen and oxygen atoms in total. The van der Waals surface area contributed by atoms with Gasteiger partial charge in [0.2, 0.25) is 5.79 Å². The van der Waals surface area contributed by atoms with Gasteiger partial charge in [0, 0.05) is 25.2 Å². The van der Waals surface area contributed by atoms with E-state index in [1.807, 2.05) is 0 Å². The molecule has 0 radical (unpaired) electrons. The average Bonchev–Trinajstić information content (AvgIpc) is 2.87. The molecular weight excluding hydrogens is 400 g/mol. The molecule has 4 bridgehead atoms. The lowest BCUT2D eigenvalue weighted by Crippen LogP contribution is -2.84. The van der Waals surface area contributed by atoms with Crippen molar-refractivity contribution in [2.45, 2.75) is 83.9 Å². The van der Waals surface area contributed by atoms with Crippen LogP contribution in [0.3, 0.4) is 0 Å². The van der Waals surface area contributed by atoms with Gasteiger partial charge in [-0.05, 0) is 54.9 Å². The maximum Gasteiger partial charge on any atom is 0.303 e. The first kappa shape index (κ1) is 21.4. The van der Waals surface area contributed by atoms with Gasteiger partial charge in [0.05, 0.1) is 18.1 Å². The quantitative estimate of drug-likeness (QED) is 0.508. The number of ether oxygens (including phenoxy) is 3. The van der Waals surface area contributed by atoms with Gasteiger partial charge < -0.3 is 24.4 Å². The molecule has 2 N–H and O–H groups in total. The van der Waals surface area contributed by atoms with Gasteiger partial charge in [-0.3, -0.25) is 9.59 Å². The van der Waals surface area contributed by atoms with Crippen LogP contribution in [0.5, 0.6) is 0 Å². The van der Waals surface area contributed by atoms with Gasteiger partial charge >= 0.3 is 11.9 Å². The van der Waals surface area contributed by atoms with E-state index in [1.165, 1.54) is 13.8 Å². The summed E-state index contributed by atoms with van der Waals surface area (Å²) in [5, 5.41) is 23.9. The predicted molar refractivity (Wildman–Crippen MR) is 109 cm³/mol. The molecule has 9 unspecified atom stereocenters. The van der Waals surface area contributed by atoms with Crippen LogP contribution in [0, 0.1) is 34.0 Å². The maximum absolute atomic E-state index is 12.3. The summed E-state index contributed by atoms with van der Waals surface area (Å²) in [6, 6.07) is 0. The van der Waals surface area contributed by atoms with Crippen molar-refractivity contribution in [1.82, 2.24) is 0 Å². The summed E-state index contributed by atoms with van der Waals surface area (Å²) in [5.41, 5.74) is -1.17. The van der Waals surface area contributed by atoms with E-state index >= 15 is 0 Å². The molecule has 0 aromatic carbocycles. The molecule has 0 amide bonds. The van der Waals surface area contributed by atoms with Gasteiger partial charge in [0.25, 0.3) is 0 Å². The van der Waals surface area contributed by atoms with Crippen molar-refractivity contribution in [1.29, 1.82) is 0 Å². The number of carbonyl (C=O) groups excluding carboxylic acids is 2. The van der Waals surface area contributed by atoms with Crippen LogP contribution in [-0.4, -0.2) is 52.9 Å². The Bertz CT molecular complexity index is 851. The summed E-state index contributed by atoms with van der Waals surface area (Å²) >= 11 is 0. The minimum absolute atomic E-state index is 0.0918. The average molecular weight is 435 g/mol. The van der Waals surface area contributed by atoms with Crippen LogP contribution in [0.15, 0.2) is 12.2 Å². The minimum atomic E-state index is -1.82. The van der Waals surface area contributed by atoms with Crippen molar-refractivity contribution >= 4 is 11.9 Å². The fourth-order valence-corrected chi connectivity index (χ4v) is 8.67. The van der Waals surface area contributed by atoms with Crippen molar-refractivity contribution in [3.05, 3.63) is 12.2 Å². The zero-order valence-electron chi connectivity index (χ0n) is 18.8. The number of fused-ring (bicyclic) bond motifs is 2. The van der Waals surface area contributed by atoms with E-state index in [4.69, 9.17) is 14.2 Å². The molecular formula is C24H34O7. The molecule has 31 heavy (non-hydrogen) atoms. The summed E-state index contributed by atoms with van der Waals surface area (Å²) in [7, 11) is 0. The highest BCUT2D eigenvalue weighted by Crippen LogP contribution is 2.78. The normalized spacial score (nSPS) is 51.6. The first-order valence-electron chi connectivity index (χ1n) is 11.5. The van der Waals surface area contributed by atoms with E-state index in [2.05, 4.69) is 20.4 Å². The van der Waals surface area contributed by atoms with Gasteiger partial charge in [0.1, 0.15) is 6.10 Å². The van der Waals surface area contributed by atoms with Crippen LogP contribution in [-0.2, 0) is 23.8 Å². The van der Waals surface area contributed by atoms with Gasteiger partial charge in [-0.2, -0.15) is 0 Å². The van der Waals surface area contributed by atoms with Gasteiger partial charge in [0.15, 0.2) is 6.10 Å². The highest BCUT2D eigenvalue weighted by atomic mass is 16.7. The van der Waals surface area contributed by atoms with Crippen molar-refractivity contribution in [3.8, 4) is 0 Å². The second kappa shape index (κ2) is 6.33. The summed E-state index contributed by atoms with van der Waals surface area (Å²) in [6.07, 6.45) is 1.24. The third-order valence-electron chi connectivity index (χ3n) is 9.57. The smallest absolute Gasteiger partial charge is 0.303 e. The van der Waals surface area contributed by atoms with Crippen LogP contribution in [0.1, 0.15) is 59.8 Å². The summed E-state index contributed by atoms with van der Waals surface area (Å²) in [4.78, 5) is 24.3. The highest BCUT2D eigenvalue weighted by Gasteiger charge is 2.85. The number of rotatable bonds is 2. The summed E-state index contributed by atoms with van der Waals surface area (Å²) < 4.78 is 17.9. The fraction of sp³-hybridized carbons (Fsp3) is 0.833. The van der Waals surface area contributed by atoms with Crippen LogP contribution >= 0.6 is 0 Å². The fourth-order valence-electron chi connectivity index (χ4n) is 8.67. The highest BCUT2D eigenvalue weighted by molar-refractivity contribution is 5.67. The molecule has 4 aliphatic carbocycles. The van der Waals surface area contributed by atoms with Crippen molar-refractivity contribution in [3.63, 3.8) is 0 Å². The Labute approximate surface area is 183 Å². The van der Waals surface area contributed by atoms with Crippen molar-refractivity contribution in [2.24, 2.45) is 34.0 Å². The van der Waals surface area contributed by atoms with E-state index in [-0.39, 0.29) is 29.8 Å². The number of esters is 2. The molecule has 9 atom stereocenters. The molecule has 0 aromatic heterocycles. The van der Waals surface area contributed by atoms with Gasteiger partial charge in [-0.15, -0.1) is 0 Å². The second-order valence-electron chi connectivity index (χ2n) is 11.3. The standard InChI is InChI=1S/C24H34O7/c1-12-15-6-7-16-22-11-29-24(28,23(16,10-15)19(12)30-13(2)25)20(31-14(3)26)18(22)21(4,5)9-8-17(22)27/h15-20,27-28H,1,6-11H2,2-5H3. The lowest BCUT2D eigenvalue weighted by Gasteiger charge is -2.75. The molecule has 6 rings (SSSR count). The van der Waals surface area contributed by atoms with Gasteiger partial charge in [-0.1, -0.05) is 20.4 Å². The van der Waals surface area contributed by atoms with E-state index in [1.54, 1.807) is 0 Å². The largest absolute Gasteiger partial charge is 0.457 e. The molecule has 6 fully saturated rings. The van der Waals surface area contributed by atoms with E-state index in [0.29, 0.717) is 12.8 Å². The number of hydrogen-bond acceptors (Lipinski definition) is 7.